The van der Waals surface area contributed by atoms with E-state index in [1.165, 1.54) is 17.7 Å². The monoisotopic (exact) mass is 435 g/mol. The molecule has 1 aromatic heterocycles. The van der Waals surface area contributed by atoms with E-state index in [0.29, 0.717) is 12.5 Å². The van der Waals surface area contributed by atoms with Crippen molar-refractivity contribution < 1.29 is 9.18 Å². The number of anilines is 1. The van der Waals surface area contributed by atoms with Gasteiger partial charge in [0.2, 0.25) is 5.96 Å². The van der Waals surface area contributed by atoms with E-state index >= 15 is 0 Å². The SMILES string of the molecule is CCCn1cc(CN=C(NC(=O)c2ccccc2F)Nc2ccc(C(C)C)cc2)c(C)n1. The van der Waals surface area contributed by atoms with Crippen molar-refractivity contribution in [1.29, 1.82) is 0 Å². The first kappa shape index (κ1) is 23.2. The predicted octanol–water partition coefficient (Wildman–Crippen LogP) is 5.26. The lowest BCUT2D eigenvalue weighted by Gasteiger charge is -2.13. The van der Waals surface area contributed by atoms with Crippen LogP contribution in [0.1, 0.15) is 60.3 Å². The Morgan fingerprint density at radius 3 is 2.53 bits per heavy atom. The predicted molar refractivity (Wildman–Crippen MR) is 126 cm³/mol. The second kappa shape index (κ2) is 10.7. The molecule has 7 heteroatoms. The highest BCUT2D eigenvalue weighted by Gasteiger charge is 2.14. The number of rotatable bonds is 7. The zero-order chi connectivity index (χ0) is 23.1. The van der Waals surface area contributed by atoms with Crippen LogP contribution in [0.3, 0.4) is 0 Å². The van der Waals surface area contributed by atoms with Crippen LogP contribution in [0.25, 0.3) is 0 Å². The molecule has 1 heterocycles. The van der Waals surface area contributed by atoms with Crippen LogP contribution in [0.5, 0.6) is 0 Å². The summed E-state index contributed by atoms with van der Waals surface area (Å²) in [5.74, 6) is -0.479. The topological polar surface area (TPSA) is 71.3 Å². The molecular formula is C25H30FN5O. The summed E-state index contributed by atoms with van der Waals surface area (Å²) in [4.78, 5) is 17.3. The van der Waals surface area contributed by atoms with Crippen LogP contribution >= 0.6 is 0 Å². The first-order valence-corrected chi connectivity index (χ1v) is 10.9. The minimum Gasteiger partial charge on any atom is -0.326 e. The van der Waals surface area contributed by atoms with E-state index in [0.717, 1.165) is 29.9 Å². The largest absolute Gasteiger partial charge is 0.326 e. The summed E-state index contributed by atoms with van der Waals surface area (Å²) in [6, 6.07) is 13.8. The molecule has 168 valence electrons. The van der Waals surface area contributed by atoms with Crippen molar-refractivity contribution >= 4 is 17.6 Å². The lowest BCUT2D eigenvalue weighted by Crippen LogP contribution is -2.36. The van der Waals surface area contributed by atoms with Gasteiger partial charge in [0.1, 0.15) is 5.82 Å². The molecule has 0 saturated heterocycles. The van der Waals surface area contributed by atoms with Crippen molar-refractivity contribution in [2.75, 3.05) is 5.32 Å². The van der Waals surface area contributed by atoms with E-state index in [1.807, 2.05) is 42.1 Å². The molecule has 0 unspecified atom stereocenters. The Kier molecular flexibility index (Phi) is 7.76. The van der Waals surface area contributed by atoms with Gasteiger partial charge < -0.3 is 5.32 Å². The van der Waals surface area contributed by atoms with Crippen molar-refractivity contribution in [2.24, 2.45) is 4.99 Å². The van der Waals surface area contributed by atoms with E-state index in [-0.39, 0.29) is 11.5 Å². The maximum Gasteiger partial charge on any atom is 0.260 e. The minimum atomic E-state index is -0.581. The molecule has 0 aliphatic carbocycles. The molecule has 32 heavy (non-hydrogen) atoms. The van der Waals surface area contributed by atoms with E-state index < -0.39 is 11.7 Å². The molecule has 0 saturated carbocycles. The number of aromatic nitrogens is 2. The van der Waals surface area contributed by atoms with Crippen molar-refractivity contribution in [3.63, 3.8) is 0 Å². The van der Waals surface area contributed by atoms with Gasteiger partial charge in [0.15, 0.2) is 0 Å². The molecule has 6 nitrogen and oxygen atoms in total. The third-order valence-corrected chi connectivity index (χ3v) is 5.10. The number of hydrogen-bond donors (Lipinski definition) is 2. The lowest BCUT2D eigenvalue weighted by atomic mass is 10.0. The number of halogens is 1. The standard InChI is InChI=1S/C25H30FN5O/c1-5-14-31-16-20(18(4)30-31)15-27-25(28-21-12-10-19(11-13-21)17(2)3)29-24(32)22-8-6-7-9-23(22)26/h6-13,16-17H,5,14-15H2,1-4H3,(H2,27,28,29,32). The summed E-state index contributed by atoms with van der Waals surface area (Å²) >= 11 is 0. The number of nitrogens with zero attached hydrogens (tertiary/aromatic N) is 3. The average molecular weight is 436 g/mol. The number of carbonyl (C=O) groups is 1. The van der Waals surface area contributed by atoms with Crippen LogP contribution in [0.2, 0.25) is 0 Å². The van der Waals surface area contributed by atoms with Gasteiger partial charge in [-0.25, -0.2) is 9.38 Å². The smallest absolute Gasteiger partial charge is 0.260 e. The van der Waals surface area contributed by atoms with Gasteiger partial charge in [-0.05, 0) is 49.1 Å². The minimum absolute atomic E-state index is 0.0379. The molecule has 2 aromatic carbocycles. The summed E-state index contributed by atoms with van der Waals surface area (Å²) in [5, 5.41) is 10.4. The second-order valence-electron chi connectivity index (χ2n) is 8.00. The highest BCUT2D eigenvalue weighted by Crippen LogP contribution is 2.17. The molecular weight excluding hydrogens is 405 g/mol. The number of aliphatic imine (C=N–C) groups is 1. The Labute approximate surface area is 188 Å². The fourth-order valence-corrected chi connectivity index (χ4v) is 3.24. The fourth-order valence-electron chi connectivity index (χ4n) is 3.24. The van der Waals surface area contributed by atoms with Crippen molar-refractivity contribution in [3.8, 4) is 0 Å². The third-order valence-electron chi connectivity index (χ3n) is 5.10. The molecule has 0 spiro atoms. The Morgan fingerprint density at radius 1 is 1.16 bits per heavy atom. The lowest BCUT2D eigenvalue weighted by molar-refractivity contribution is 0.0973. The zero-order valence-electron chi connectivity index (χ0n) is 19.0. The first-order valence-electron chi connectivity index (χ1n) is 10.9. The Bertz CT molecular complexity index is 1090. The van der Waals surface area contributed by atoms with E-state index in [9.17, 15) is 9.18 Å². The Morgan fingerprint density at radius 2 is 1.88 bits per heavy atom. The Balaban J connectivity index is 1.83. The van der Waals surface area contributed by atoms with Crippen LogP contribution in [0.4, 0.5) is 10.1 Å². The second-order valence-corrected chi connectivity index (χ2v) is 8.00. The average Bonchev–Trinajstić information content (AvgIpc) is 3.12. The first-order chi connectivity index (χ1) is 15.4. The van der Waals surface area contributed by atoms with Gasteiger partial charge in [-0.2, -0.15) is 5.10 Å². The Hall–Kier alpha value is -3.48. The number of aryl methyl sites for hydroxylation is 2. The zero-order valence-corrected chi connectivity index (χ0v) is 19.0. The summed E-state index contributed by atoms with van der Waals surface area (Å²) in [6.45, 7) is 9.46. The number of benzene rings is 2. The van der Waals surface area contributed by atoms with Crippen LogP contribution in [0.15, 0.2) is 59.7 Å². The van der Waals surface area contributed by atoms with Crippen LogP contribution in [-0.2, 0) is 13.1 Å². The third kappa shape index (κ3) is 6.03. The van der Waals surface area contributed by atoms with Crippen molar-refractivity contribution in [3.05, 3.63) is 82.9 Å². The molecule has 0 aliphatic heterocycles. The maximum atomic E-state index is 14.1. The normalized spacial score (nSPS) is 11.6. The summed E-state index contributed by atoms with van der Waals surface area (Å²) < 4.78 is 16.0. The van der Waals surface area contributed by atoms with Gasteiger partial charge in [0, 0.05) is 24.0 Å². The van der Waals surface area contributed by atoms with E-state index in [1.54, 1.807) is 12.1 Å². The number of amides is 1. The van der Waals surface area contributed by atoms with E-state index in [4.69, 9.17) is 0 Å². The quantitative estimate of drug-likeness (QED) is 0.393. The molecule has 0 fully saturated rings. The summed E-state index contributed by atoms with van der Waals surface area (Å²) in [5.41, 5.74) is 3.81. The number of carbonyl (C=O) groups excluding carboxylic acids is 1. The fraction of sp³-hybridized carbons (Fsp3) is 0.320. The number of hydrogen-bond acceptors (Lipinski definition) is 3. The molecule has 2 N–H and O–H groups in total. The van der Waals surface area contributed by atoms with Gasteiger partial charge in [-0.15, -0.1) is 0 Å². The van der Waals surface area contributed by atoms with Crippen LogP contribution < -0.4 is 10.6 Å². The van der Waals surface area contributed by atoms with Crippen molar-refractivity contribution in [2.45, 2.75) is 53.1 Å². The molecule has 3 rings (SSSR count). The van der Waals surface area contributed by atoms with Gasteiger partial charge in [0.25, 0.3) is 5.91 Å². The number of nitrogens with one attached hydrogen (secondary N) is 2. The highest BCUT2D eigenvalue weighted by atomic mass is 19.1. The molecule has 0 atom stereocenters. The molecule has 0 aliphatic rings. The van der Waals surface area contributed by atoms with Gasteiger partial charge >= 0.3 is 0 Å². The van der Waals surface area contributed by atoms with Gasteiger partial charge in [0.05, 0.1) is 17.8 Å². The molecule has 0 radical (unpaired) electrons. The van der Waals surface area contributed by atoms with Gasteiger partial charge in [-0.1, -0.05) is 45.0 Å². The molecule has 0 bridgehead atoms. The number of guanidine groups is 1. The molecule has 3 aromatic rings. The van der Waals surface area contributed by atoms with Crippen molar-refractivity contribution in [1.82, 2.24) is 15.1 Å². The van der Waals surface area contributed by atoms with Crippen LogP contribution in [-0.4, -0.2) is 21.6 Å². The van der Waals surface area contributed by atoms with Crippen LogP contribution in [0, 0.1) is 12.7 Å². The van der Waals surface area contributed by atoms with Gasteiger partial charge in [-0.3, -0.25) is 14.8 Å². The highest BCUT2D eigenvalue weighted by molar-refractivity contribution is 6.10. The maximum absolute atomic E-state index is 14.1. The van der Waals surface area contributed by atoms with E-state index in [2.05, 4.69) is 41.5 Å². The summed E-state index contributed by atoms with van der Waals surface area (Å²) in [6.07, 6.45) is 2.96. The summed E-state index contributed by atoms with van der Waals surface area (Å²) in [7, 11) is 0. The molecule has 1 amide bonds.